The lowest BCUT2D eigenvalue weighted by molar-refractivity contribution is -0.119. The molecule has 0 saturated carbocycles. The van der Waals surface area contributed by atoms with Gasteiger partial charge in [-0.15, -0.1) is 0 Å². The number of aliphatic hydroxyl groups excluding tert-OH is 1. The lowest BCUT2D eigenvalue weighted by Crippen LogP contribution is -2.38. The van der Waals surface area contributed by atoms with Gasteiger partial charge in [-0.25, -0.2) is 8.78 Å². The van der Waals surface area contributed by atoms with Crippen molar-refractivity contribution in [2.75, 3.05) is 13.2 Å². The SMILES string of the molecule is Cc1ccc(/C=C/C(=O)NCC(F)(F)CO)c(Br)c1. The van der Waals surface area contributed by atoms with Crippen molar-refractivity contribution in [3.05, 3.63) is 39.9 Å². The number of carbonyl (C=O) groups is 1. The molecule has 0 spiro atoms. The molecule has 3 nitrogen and oxygen atoms in total. The van der Waals surface area contributed by atoms with Crippen LogP contribution >= 0.6 is 15.9 Å². The molecule has 1 rings (SSSR count). The number of aryl methyl sites for hydroxylation is 1. The van der Waals surface area contributed by atoms with Gasteiger partial charge >= 0.3 is 0 Å². The quantitative estimate of drug-likeness (QED) is 0.813. The second-order valence-electron chi connectivity index (χ2n) is 4.09. The Bertz CT molecular complexity index is 490. The molecule has 0 fully saturated rings. The van der Waals surface area contributed by atoms with E-state index < -0.39 is 25.0 Å². The fourth-order valence-corrected chi connectivity index (χ4v) is 1.89. The molecule has 1 aromatic carbocycles. The molecular formula is C13H14BrF2NO2. The summed E-state index contributed by atoms with van der Waals surface area (Å²) in [6.07, 6.45) is 2.69. The van der Waals surface area contributed by atoms with Crippen molar-refractivity contribution in [1.82, 2.24) is 5.32 Å². The van der Waals surface area contributed by atoms with Crippen LogP contribution < -0.4 is 5.32 Å². The van der Waals surface area contributed by atoms with Crippen LogP contribution in [0.5, 0.6) is 0 Å². The maximum Gasteiger partial charge on any atom is 0.287 e. The zero-order valence-corrected chi connectivity index (χ0v) is 11.9. The van der Waals surface area contributed by atoms with Crippen LogP contribution in [0.4, 0.5) is 8.78 Å². The van der Waals surface area contributed by atoms with Crippen molar-refractivity contribution in [3.63, 3.8) is 0 Å². The monoisotopic (exact) mass is 333 g/mol. The molecule has 0 saturated heterocycles. The number of hydrogen-bond acceptors (Lipinski definition) is 2. The lowest BCUT2D eigenvalue weighted by Gasteiger charge is -2.12. The van der Waals surface area contributed by atoms with Gasteiger partial charge in [-0.2, -0.15) is 0 Å². The van der Waals surface area contributed by atoms with Crippen molar-refractivity contribution in [2.45, 2.75) is 12.8 Å². The van der Waals surface area contributed by atoms with Gasteiger partial charge in [-0.1, -0.05) is 28.1 Å². The van der Waals surface area contributed by atoms with Crippen molar-refractivity contribution >= 4 is 27.9 Å². The fraction of sp³-hybridized carbons (Fsp3) is 0.308. The highest BCUT2D eigenvalue weighted by Gasteiger charge is 2.27. The van der Waals surface area contributed by atoms with Gasteiger partial charge in [-0.3, -0.25) is 4.79 Å². The summed E-state index contributed by atoms with van der Waals surface area (Å²) >= 11 is 3.34. The van der Waals surface area contributed by atoms with Crippen LogP contribution in [0.1, 0.15) is 11.1 Å². The molecule has 0 heterocycles. The molecular weight excluding hydrogens is 320 g/mol. The zero-order chi connectivity index (χ0) is 14.5. The molecule has 0 atom stereocenters. The predicted molar refractivity (Wildman–Crippen MR) is 73.0 cm³/mol. The predicted octanol–water partition coefficient (Wildman–Crippen LogP) is 2.51. The first-order chi connectivity index (χ1) is 8.84. The van der Waals surface area contributed by atoms with Gasteiger partial charge in [0.25, 0.3) is 5.92 Å². The van der Waals surface area contributed by atoms with Crippen LogP contribution in [0.2, 0.25) is 0 Å². The summed E-state index contributed by atoms with van der Waals surface area (Å²) in [6, 6.07) is 5.57. The Labute approximate surface area is 118 Å². The number of carbonyl (C=O) groups excluding carboxylic acids is 1. The Kier molecular flexibility index (Phi) is 5.62. The standard InChI is InChI=1S/C13H14BrF2NO2/c1-9-2-3-10(11(14)6-9)4-5-12(19)17-7-13(15,16)8-18/h2-6,18H,7-8H2,1H3,(H,17,19)/b5-4+. The molecule has 19 heavy (non-hydrogen) atoms. The number of hydrogen-bond donors (Lipinski definition) is 2. The molecule has 6 heteroatoms. The summed E-state index contributed by atoms with van der Waals surface area (Å²) in [5, 5.41) is 10.4. The molecule has 0 aliphatic rings. The van der Waals surface area contributed by atoms with E-state index in [-0.39, 0.29) is 0 Å². The number of aliphatic hydroxyl groups is 1. The number of alkyl halides is 2. The average molecular weight is 334 g/mol. The molecule has 2 N–H and O–H groups in total. The van der Waals surface area contributed by atoms with Crippen molar-refractivity contribution in [1.29, 1.82) is 0 Å². The molecule has 1 aromatic rings. The summed E-state index contributed by atoms with van der Waals surface area (Å²) in [6.45, 7) is -0.246. The van der Waals surface area contributed by atoms with Gasteiger partial charge in [0, 0.05) is 10.5 Å². The molecule has 0 aliphatic heterocycles. The first kappa shape index (κ1) is 15.8. The second kappa shape index (κ2) is 6.77. The van der Waals surface area contributed by atoms with Crippen molar-refractivity contribution in [3.8, 4) is 0 Å². The smallest absolute Gasteiger partial charge is 0.287 e. The van der Waals surface area contributed by atoms with Gasteiger partial charge < -0.3 is 10.4 Å². The van der Waals surface area contributed by atoms with E-state index in [1.807, 2.05) is 30.4 Å². The van der Waals surface area contributed by atoms with E-state index in [1.54, 1.807) is 0 Å². The third-order valence-corrected chi connectivity index (χ3v) is 3.01. The van der Waals surface area contributed by atoms with Crippen LogP contribution in [0, 0.1) is 6.92 Å². The van der Waals surface area contributed by atoms with Gasteiger partial charge in [0.1, 0.15) is 6.61 Å². The molecule has 0 radical (unpaired) electrons. The fourth-order valence-electron chi connectivity index (χ4n) is 1.26. The maximum atomic E-state index is 12.7. The van der Waals surface area contributed by atoms with Crippen LogP contribution in [0.15, 0.2) is 28.7 Å². The van der Waals surface area contributed by atoms with Crippen LogP contribution in [-0.4, -0.2) is 30.1 Å². The van der Waals surface area contributed by atoms with Crippen molar-refractivity contribution in [2.24, 2.45) is 0 Å². The normalized spacial score (nSPS) is 11.8. The number of rotatable bonds is 5. The number of nitrogens with one attached hydrogen (secondary N) is 1. The van der Waals surface area contributed by atoms with E-state index >= 15 is 0 Å². The van der Waals surface area contributed by atoms with Crippen LogP contribution in [-0.2, 0) is 4.79 Å². The van der Waals surface area contributed by atoms with E-state index in [9.17, 15) is 13.6 Å². The Hall–Kier alpha value is -1.27. The lowest BCUT2D eigenvalue weighted by atomic mass is 10.1. The summed E-state index contributed by atoms with van der Waals surface area (Å²) < 4.78 is 26.2. The Morgan fingerprint density at radius 1 is 1.53 bits per heavy atom. The summed E-state index contributed by atoms with van der Waals surface area (Å²) in [4.78, 5) is 11.3. The largest absolute Gasteiger partial charge is 0.390 e. The Balaban J connectivity index is 2.59. The van der Waals surface area contributed by atoms with Crippen LogP contribution in [0.25, 0.3) is 6.08 Å². The highest BCUT2D eigenvalue weighted by molar-refractivity contribution is 9.10. The summed E-state index contributed by atoms with van der Waals surface area (Å²) in [5.41, 5.74) is 1.84. The molecule has 104 valence electrons. The molecule has 0 bridgehead atoms. The van der Waals surface area contributed by atoms with Gasteiger partial charge in [0.2, 0.25) is 5.91 Å². The first-order valence-corrected chi connectivity index (χ1v) is 6.34. The zero-order valence-electron chi connectivity index (χ0n) is 10.3. The van der Waals surface area contributed by atoms with Crippen molar-refractivity contribution < 1.29 is 18.7 Å². The molecule has 0 aliphatic carbocycles. The third-order valence-electron chi connectivity index (χ3n) is 2.32. The average Bonchev–Trinajstić information content (AvgIpc) is 2.35. The number of benzene rings is 1. The Morgan fingerprint density at radius 3 is 2.79 bits per heavy atom. The highest BCUT2D eigenvalue weighted by atomic mass is 79.9. The molecule has 0 unspecified atom stereocenters. The van der Waals surface area contributed by atoms with E-state index in [0.29, 0.717) is 0 Å². The van der Waals surface area contributed by atoms with Gasteiger partial charge in [-0.05, 0) is 30.2 Å². The molecule has 1 amide bonds. The third kappa shape index (κ3) is 5.48. The van der Waals surface area contributed by atoms with E-state index in [4.69, 9.17) is 5.11 Å². The topological polar surface area (TPSA) is 49.3 Å². The minimum absolute atomic E-state index is 0.638. The highest BCUT2D eigenvalue weighted by Crippen LogP contribution is 2.19. The number of amides is 1. The van der Waals surface area contributed by atoms with Crippen LogP contribution in [0.3, 0.4) is 0 Å². The Morgan fingerprint density at radius 2 is 2.21 bits per heavy atom. The maximum absolute atomic E-state index is 12.7. The minimum Gasteiger partial charge on any atom is -0.390 e. The number of halogens is 3. The molecule has 0 aromatic heterocycles. The van der Waals surface area contributed by atoms with Gasteiger partial charge in [0.05, 0.1) is 6.54 Å². The van der Waals surface area contributed by atoms with E-state index in [1.165, 1.54) is 12.2 Å². The van der Waals surface area contributed by atoms with E-state index in [0.717, 1.165) is 15.6 Å². The minimum atomic E-state index is -3.30. The first-order valence-electron chi connectivity index (χ1n) is 5.55. The van der Waals surface area contributed by atoms with E-state index in [2.05, 4.69) is 15.9 Å². The van der Waals surface area contributed by atoms with Gasteiger partial charge in [0.15, 0.2) is 0 Å². The summed E-state index contributed by atoms with van der Waals surface area (Å²) in [5.74, 6) is -3.94. The second-order valence-corrected chi connectivity index (χ2v) is 4.94. The summed E-state index contributed by atoms with van der Waals surface area (Å²) in [7, 11) is 0.